The summed E-state index contributed by atoms with van der Waals surface area (Å²) in [4.78, 5) is 12.5. The normalized spacial score (nSPS) is 25.9. The molecular weight excluding hydrogens is 424 g/mol. The second-order valence-corrected chi connectivity index (χ2v) is 7.57. The number of ether oxygens (including phenoxy) is 4. The summed E-state index contributed by atoms with van der Waals surface area (Å²) >= 11 is 0. The highest BCUT2D eigenvalue weighted by Crippen LogP contribution is 2.42. The van der Waals surface area contributed by atoms with Crippen molar-refractivity contribution < 1.29 is 43.8 Å². The number of phenols is 1. The second-order valence-electron chi connectivity index (χ2n) is 7.57. The van der Waals surface area contributed by atoms with Gasteiger partial charge in [0.05, 0.1) is 19.1 Å². The Morgan fingerprint density at radius 1 is 1.06 bits per heavy atom. The Balaban J connectivity index is 1.86. The molecule has 2 heterocycles. The highest BCUT2D eigenvalue weighted by molar-refractivity contribution is 6.06. The lowest BCUT2D eigenvalue weighted by molar-refractivity contribution is -0.281. The molecule has 1 fully saturated rings. The highest BCUT2D eigenvalue weighted by Gasteiger charge is 2.46. The van der Waals surface area contributed by atoms with Crippen LogP contribution in [0.2, 0.25) is 0 Å². The van der Waals surface area contributed by atoms with Crippen LogP contribution in [0.15, 0.2) is 33.5 Å². The predicted octanol–water partition coefficient (Wildman–Crippen LogP) is 0.802. The average Bonchev–Trinajstić information content (AvgIpc) is 2.75. The van der Waals surface area contributed by atoms with E-state index in [1.165, 1.54) is 26.4 Å². The minimum Gasteiger partial charge on any atom is -0.506 e. The minimum absolute atomic E-state index is 0.0301. The van der Waals surface area contributed by atoms with Gasteiger partial charge in [0.25, 0.3) is 0 Å². The largest absolute Gasteiger partial charge is 0.506 e. The van der Waals surface area contributed by atoms with E-state index in [9.17, 15) is 25.2 Å². The van der Waals surface area contributed by atoms with Crippen LogP contribution in [0.25, 0.3) is 21.7 Å². The van der Waals surface area contributed by atoms with E-state index in [2.05, 4.69) is 0 Å². The first-order chi connectivity index (χ1) is 15.3. The maximum Gasteiger partial charge on any atom is 0.229 e. The zero-order valence-corrected chi connectivity index (χ0v) is 17.6. The Labute approximate surface area is 182 Å². The molecule has 1 unspecified atom stereocenters. The van der Waals surface area contributed by atoms with E-state index in [0.717, 1.165) is 0 Å². The Morgan fingerprint density at radius 2 is 1.81 bits per heavy atom. The van der Waals surface area contributed by atoms with Gasteiger partial charge in [-0.15, -0.1) is 0 Å². The van der Waals surface area contributed by atoms with Crippen LogP contribution in [0.1, 0.15) is 5.76 Å². The predicted molar refractivity (Wildman–Crippen MR) is 112 cm³/mol. The number of hydrogen-bond acceptors (Lipinski definition) is 10. The van der Waals surface area contributed by atoms with E-state index < -0.39 is 42.7 Å². The van der Waals surface area contributed by atoms with Crippen LogP contribution in [0, 0.1) is 6.92 Å². The molecule has 4 rings (SSSR count). The third kappa shape index (κ3) is 3.65. The zero-order chi connectivity index (χ0) is 23.2. The third-order valence-electron chi connectivity index (χ3n) is 5.54. The van der Waals surface area contributed by atoms with Gasteiger partial charge < -0.3 is 43.8 Å². The van der Waals surface area contributed by atoms with Gasteiger partial charge in [-0.25, -0.2) is 0 Å². The van der Waals surface area contributed by atoms with E-state index in [0.29, 0.717) is 16.9 Å². The molecule has 1 saturated heterocycles. The van der Waals surface area contributed by atoms with Crippen LogP contribution in [-0.2, 0) is 9.47 Å². The number of phenolic OH excluding ortho intramolecular Hbond substituents is 1. The van der Waals surface area contributed by atoms with Gasteiger partial charge in [-0.3, -0.25) is 4.79 Å². The summed E-state index contributed by atoms with van der Waals surface area (Å²) in [6.07, 6.45) is -6.28. The average molecular weight is 448 g/mol. The number of aliphatic hydroxyl groups is 3. The van der Waals surface area contributed by atoms with Crippen molar-refractivity contribution in [1.82, 2.24) is 0 Å². The summed E-state index contributed by atoms with van der Waals surface area (Å²) in [6, 6.07) is 5.90. The molecule has 10 nitrogen and oxygen atoms in total. The Morgan fingerprint density at radius 3 is 2.47 bits per heavy atom. The van der Waals surface area contributed by atoms with E-state index in [1.807, 2.05) is 0 Å². The van der Waals surface area contributed by atoms with Crippen LogP contribution in [-0.4, -0.2) is 72.0 Å². The molecule has 2 aromatic carbocycles. The van der Waals surface area contributed by atoms with Crippen molar-refractivity contribution in [2.75, 3.05) is 20.8 Å². The van der Waals surface area contributed by atoms with Gasteiger partial charge in [-0.2, -0.15) is 0 Å². The first kappa shape index (κ1) is 22.3. The minimum atomic E-state index is -1.53. The van der Waals surface area contributed by atoms with Crippen LogP contribution in [0.3, 0.4) is 0 Å². The van der Waals surface area contributed by atoms with E-state index in [-0.39, 0.29) is 27.9 Å². The lowest BCUT2D eigenvalue weighted by atomic mass is 9.99. The number of rotatable bonds is 5. The molecule has 0 radical (unpaired) electrons. The van der Waals surface area contributed by atoms with Gasteiger partial charge in [-0.1, -0.05) is 0 Å². The molecule has 5 atom stereocenters. The summed E-state index contributed by atoms with van der Waals surface area (Å²) < 4.78 is 27.5. The van der Waals surface area contributed by atoms with E-state index >= 15 is 0 Å². The van der Waals surface area contributed by atoms with Crippen LogP contribution < -0.4 is 14.9 Å². The molecule has 1 aromatic heterocycles. The Kier molecular flexibility index (Phi) is 5.97. The number of fused-ring (bicyclic) bond motifs is 2. The number of methoxy groups -OCH3 is 2. The molecule has 32 heavy (non-hydrogen) atoms. The molecular formula is C22H24O10. The summed E-state index contributed by atoms with van der Waals surface area (Å²) in [5.41, 5.74) is -0.246. The summed E-state index contributed by atoms with van der Waals surface area (Å²) in [6.45, 7) is 1.14. The number of aliphatic hydroxyl groups excluding tert-OH is 3. The maximum atomic E-state index is 12.5. The van der Waals surface area contributed by atoms with Crippen molar-refractivity contribution in [2.24, 2.45) is 0 Å². The summed E-state index contributed by atoms with van der Waals surface area (Å²) in [7, 11) is 2.76. The van der Waals surface area contributed by atoms with E-state index in [4.69, 9.17) is 23.4 Å². The fraction of sp³-hybridized carbons (Fsp3) is 0.409. The molecule has 1 aliphatic rings. The highest BCUT2D eigenvalue weighted by atomic mass is 16.7. The number of benzene rings is 2. The first-order valence-corrected chi connectivity index (χ1v) is 9.89. The fourth-order valence-electron chi connectivity index (χ4n) is 3.99. The smallest absolute Gasteiger partial charge is 0.229 e. The monoisotopic (exact) mass is 448 g/mol. The molecule has 1 aliphatic heterocycles. The molecule has 10 heteroatoms. The summed E-state index contributed by atoms with van der Waals surface area (Å²) in [5.74, 6) is 0.405. The molecule has 3 aromatic rings. The SMILES string of the molecule is COc1cc(O[C@@H]2OC(CO)[C@H](OC)[C@H](O)[C@@H]2O)c2c(O)c3c(=O)cc(C)oc3cc2c1. The Hall–Kier alpha value is -2.89. The molecule has 172 valence electrons. The van der Waals surface area contributed by atoms with Crippen molar-refractivity contribution in [2.45, 2.75) is 37.6 Å². The van der Waals surface area contributed by atoms with E-state index in [1.54, 1.807) is 19.1 Å². The molecule has 0 aliphatic carbocycles. The number of aromatic hydroxyl groups is 1. The molecule has 0 amide bonds. The third-order valence-corrected chi connectivity index (χ3v) is 5.54. The van der Waals surface area contributed by atoms with Gasteiger partial charge in [-0.05, 0) is 24.4 Å². The van der Waals surface area contributed by atoms with Crippen LogP contribution in [0.5, 0.6) is 17.2 Å². The van der Waals surface area contributed by atoms with Crippen molar-refractivity contribution in [3.8, 4) is 17.2 Å². The fourth-order valence-corrected chi connectivity index (χ4v) is 3.99. The van der Waals surface area contributed by atoms with Crippen molar-refractivity contribution >= 4 is 21.7 Å². The van der Waals surface area contributed by atoms with Crippen LogP contribution in [0.4, 0.5) is 0 Å². The standard InChI is InChI=1S/C22H24O10/c1-9-4-12(24)17-13(30-9)6-10-5-11(28-2)7-14(16(10)18(17)25)31-22-20(27)19(26)21(29-3)15(8-23)32-22/h4-7,15,19-23,25-27H,8H2,1-3H3/t15?,19-,20+,21+,22-/m1/s1. The van der Waals surface area contributed by atoms with Crippen LogP contribution >= 0.6 is 0 Å². The molecule has 0 bridgehead atoms. The first-order valence-electron chi connectivity index (χ1n) is 9.89. The molecule has 4 N–H and O–H groups in total. The van der Waals surface area contributed by atoms with Gasteiger partial charge in [0.2, 0.25) is 6.29 Å². The Bertz CT molecular complexity index is 1200. The lowest BCUT2D eigenvalue weighted by Crippen LogP contribution is -2.60. The topological polar surface area (TPSA) is 148 Å². The van der Waals surface area contributed by atoms with Crippen molar-refractivity contribution in [1.29, 1.82) is 0 Å². The molecule has 0 saturated carbocycles. The van der Waals surface area contributed by atoms with Gasteiger partial charge in [0.15, 0.2) is 5.43 Å². The quantitative estimate of drug-likeness (QED) is 0.413. The summed E-state index contributed by atoms with van der Waals surface area (Å²) in [5, 5.41) is 42.0. The number of aryl methyl sites for hydroxylation is 1. The second kappa shape index (κ2) is 8.57. The maximum absolute atomic E-state index is 12.5. The van der Waals surface area contributed by atoms with Gasteiger partial charge in [0, 0.05) is 19.2 Å². The van der Waals surface area contributed by atoms with Crippen molar-refractivity contribution in [3.05, 3.63) is 40.2 Å². The molecule has 0 spiro atoms. The van der Waals surface area contributed by atoms with Gasteiger partial charge >= 0.3 is 0 Å². The lowest BCUT2D eigenvalue weighted by Gasteiger charge is -2.41. The van der Waals surface area contributed by atoms with Gasteiger partial charge in [0.1, 0.15) is 58.4 Å². The van der Waals surface area contributed by atoms with Crippen molar-refractivity contribution in [3.63, 3.8) is 0 Å². The number of hydrogen-bond donors (Lipinski definition) is 4. The zero-order valence-electron chi connectivity index (χ0n) is 17.6.